The van der Waals surface area contributed by atoms with E-state index in [9.17, 15) is 14.4 Å². The van der Waals surface area contributed by atoms with E-state index in [2.05, 4.69) is 50.5 Å². The number of carboxylic acids is 1. The van der Waals surface area contributed by atoms with Gasteiger partial charge in [0.05, 0.1) is 7.14 Å². The Balaban J connectivity index is 1.79. The minimum absolute atomic E-state index is 0.00876. The zero-order valence-corrected chi connectivity index (χ0v) is 20.7. The van der Waals surface area contributed by atoms with Gasteiger partial charge in [-0.2, -0.15) is 0 Å². The highest BCUT2D eigenvalue weighted by atomic mass is 127. The molecule has 3 amide bonds. The van der Waals surface area contributed by atoms with Crippen LogP contribution in [0.2, 0.25) is 10.0 Å². The third-order valence-electron chi connectivity index (χ3n) is 3.97. The minimum Gasteiger partial charge on any atom is -0.487 e. The van der Waals surface area contributed by atoms with E-state index in [1.807, 2.05) is 0 Å². The van der Waals surface area contributed by atoms with Crippen LogP contribution in [0.5, 0.6) is 5.75 Å². The van der Waals surface area contributed by atoms with Gasteiger partial charge in [-0.1, -0.05) is 29.3 Å². The summed E-state index contributed by atoms with van der Waals surface area (Å²) in [6.45, 7) is -0.446. The van der Waals surface area contributed by atoms with E-state index in [1.54, 1.807) is 30.3 Å². The van der Waals surface area contributed by atoms with Crippen LogP contribution in [0.15, 0.2) is 36.0 Å². The molecular weight excluding hydrogens is 661 g/mol. The number of nitrogens with one attached hydrogen (secondary N) is 1. The molecule has 0 spiro atoms. The number of hydrogen-bond donors (Lipinski definition) is 2. The number of benzene rings is 2. The van der Waals surface area contributed by atoms with Crippen molar-refractivity contribution < 1.29 is 24.2 Å². The first-order valence-corrected chi connectivity index (χ1v) is 11.2. The summed E-state index contributed by atoms with van der Waals surface area (Å²) in [5.41, 5.74) is 1.45. The lowest BCUT2D eigenvalue weighted by atomic mass is 10.2. The van der Waals surface area contributed by atoms with E-state index in [-0.39, 0.29) is 12.3 Å². The summed E-state index contributed by atoms with van der Waals surface area (Å²) in [4.78, 5) is 35.5. The molecule has 1 saturated heterocycles. The number of hydrogen-bond acceptors (Lipinski definition) is 4. The molecule has 0 aromatic heterocycles. The lowest BCUT2D eigenvalue weighted by molar-refractivity contribution is -0.140. The van der Waals surface area contributed by atoms with Crippen LogP contribution in [0.1, 0.15) is 11.1 Å². The Labute approximate surface area is 208 Å². The molecule has 7 nitrogen and oxygen atoms in total. The van der Waals surface area contributed by atoms with Crippen molar-refractivity contribution >= 4 is 92.4 Å². The number of rotatable bonds is 6. The van der Waals surface area contributed by atoms with Gasteiger partial charge in [0.2, 0.25) is 0 Å². The highest BCUT2D eigenvalue weighted by molar-refractivity contribution is 14.1. The van der Waals surface area contributed by atoms with Gasteiger partial charge in [0.1, 0.15) is 24.6 Å². The van der Waals surface area contributed by atoms with Crippen LogP contribution < -0.4 is 10.1 Å². The van der Waals surface area contributed by atoms with Gasteiger partial charge in [-0.3, -0.25) is 9.59 Å². The predicted molar refractivity (Wildman–Crippen MR) is 129 cm³/mol. The maximum Gasteiger partial charge on any atom is 0.329 e. The van der Waals surface area contributed by atoms with E-state index < -0.39 is 24.5 Å². The van der Waals surface area contributed by atoms with Gasteiger partial charge in [-0.25, -0.2) is 9.69 Å². The zero-order chi connectivity index (χ0) is 22.0. The maximum absolute atomic E-state index is 12.3. The monoisotopic (exact) mass is 672 g/mol. The van der Waals surface area contributed by atoms with E-state index in [1.165, 1.54) is 6.08 Å². The second kappa shape index (κ2) is 9.71. The molecule has 2 N–H and O–H groups in total. The van der Waals surface area contributed by atoms with E-state index >= 15 is 0 Å². The average Bonchev–Trinajstić information content (AvgIpc) is 2.89. The smallest absolute Gasteiger partial charge is 0.329 e. The highest BCUT2D eigenvalue weighted by Crippen LogP contribution is 2.31. The summed E-state index contributed by atoms with van der Waals surface area (Å²) in [6.07, 6.45) is 1.49. The first-order valence-electron chi connectivity index (χ1n) is 8.28. The van der Waals surface area contributed by atoms with Crippen molar-refractivity contribution in [3.8, 4) is 5.75 Å². The number of halogens is 4. The van der Waals surface area contributed by atoms with Gasteiger partial charge in [0.15, 0.2) is 0 Å². The molecule has 1 aliphatic heterocycles. The Kier molecular flexibility index (Phi) is 7.47. The molecule has 156 valence electrons. The third kappa shape index (κ3) is 5.37. The van der Waals surface area contributed by atoms with Crippen LogP contribution >= 0.6 is 68.4 Å². The standard InChI is InChI=1S/C19H12Cl2I2N2O5/c20-11-2-1-10(12(21)6-11)8-30-17-13(22)3-9(4-14(17)23)5-15-18(28)25(7-16(26)27)19(29)24-15/h1-6H,7-8H2,(H,24,29)(H,26,27)/b15-5+. The number of amides is 3. The fraction of sp³-hybridized carbons (Fsp3) is 0.105. The van der Waals surface area contributed by atoms with E-state index in [4.69, 9.17) is 33.0 Å². The molecule has 2 aromatic rings. The van der Waals surface area contributed by atoms with Crippen molar-refractivity contribution in [3.63, 3.8) is 0 Å². The average molecular weight is 673 g/mol. The molecule has 0 bridgehead atoms. The summed E-state index contributed by atoms with van der Waals surface area (Å²) in [5, 5.41) is 12.3. The lowest BCUT2D eigenvalue weighted by Crippen LogP contribution is -2.35. The van der Waals surface area contributed by atoms with Gasteiger partial charge in [-0.15, -0.1) is 0 Å². The Hall–Kier alpha value is -1.57. The van der Waals surface area contributed by atoms with Gasteiger partial charge in [0.25, 0.3) is 5.91 Å². The number of nitrogens with zero attached hydrogens (tertiary/aromatic N) is 1. The molecule has 0 radical (unpaired) electrons. The van der Waals surface area contributed by atoms with Gasteiger partial charge < -0.3 is 15.2 Å². The summed E-state index contributed by atoms with van der Waals surface area (Å²) in [5.74, 6) is -1.31. The van der Waals surface area contributed by atoms with Crippen molar-refractivity contribution in [2.45, 2.75) is 6.61 Å². The molecule has 0 unspecified atom stereocenters. The molecule has 1 fully saturated rings. The fourth-order valence-electron chi connectivity index (χ4n) is 2.61. The molecule has 3 rings (SSSR count). The lowest BCUT2D eigenvalue weighted by Gasteiger charge is -2.13. The molecule has 1 heterocycles. The van der Waals surface area contributed by atoms with E-state index in [0.29, 0.717) is 26.3 Å². The Bertz CT molecular complexity index is 1070. The summed E-state index contributed by atoms with van der Waals surface area (Å²) < 4.78 is 7.50. The van der Waals surface area contributed by atoms with Crippen LogP contribution in [0.25, 0.3) is 6.08 Å². The third-order valence-corrected chi connectivity index (χ3v) is 6.16. The highest BCUT2D eigenvalue weighted by Gasteiger charge is 2.34. The van der Waals surface area contributed by atoms with Crippen molar-refractivity contribution in [2.75, 3.05) is 6.54 Å². The van der Waals surface area contributed by atoms with Crippen LogP contribution in [-0.4, -0.2) is 34.5 Å². The summed E-state index contributed by atoms with van der Waals surface area (Å²) >= 11 is 16.3. The van der Waals surface area contributed by atoms with Crippen molar-refractivity contribution in [2.24, 2.45) is 0 Å². The molecule has 0 atom stereocenters. The van der Waals surface area contributed by atoms with Gasteiger partial charge >= 0.3 is 12.0 Å². The van der Waals surface area contributed by atoms with Crippen LogP contribution in [-0.2, 0) is 16.2 Å². The largest absolute Gasteiger partial charge is 0.487 e. The minimum atomic E-state index is -1.27. The molecule has 2 aromatic carbocycles. The summed E-state index contributed by atoms with van der Waals surface area (Å²) in [6, 6.07) is 7.98. The van der Waals surface area contributed by atoms with Crippen molar-refractivity contribution in [1.82, 2.24) is 10.2 Å². The molecule has 30 heavy (non-hydrogen) atoms. The summed E-state index contributed by atoms with van der Waals surface area (Å²) in [7, 11) is 0. The van der Waals surface area contributed by atoms with Crippen LogP contribution in [0.4, 0.5) is 4.79 Å². The first-order chi connectivity index (χ1) is 14.2. The second-order valence-corrected chi connectivity index (χ2v) is 9.28. The molecule has 1 aliphatic rings. The number of carboxylic acid groups (broad SMARTS) is 1. The predicted octanol–water partition coefficient (Wildman–Crippen LogP) is 4.76. The normalized spacial score (nSPS) is 14.9. The van der Waals surface area contributed by atoms with Crippen LogP contribution in [0.3, 0.4) is 0 Å². The Morgan fingerprint density at radius 1 is 1.17 bits per heavy atom. The second-order valence-electron chi connectivity index (χ2n) is 6.11. The zero-order valence-electron chi connectivity index (χ0n) is 14.9. The number of ether oxygens (including phenoxy) is 1. The number of imide groups is 1. The SMILES string of the molecule is O=C(O)CN1C(=O)N/C(=C/c2cc(I)c(OCc3ccc(Cl)cc3Cl)c(I)c2)C1=O. The van der Waals surface area contributed by atoms with Crippen molar-refractivity contribution in [1.29, 1.82) is 0 Å². The Morgan fingerprint density at radius 3 is 2.43 bits per heavy atom. The number of carbonyl (C=O) groups is 3. The maximum atomic E-state index is 12.3. The fourth-order valence-corrected chi connectivity index (χ4v) is 5.20. The van der Waals surface area contributed by atoms with Gasteiger partial charge in [-0.05, 0) is 81.1 Å². The van der Waals surface area contributed by atoms with Gasteiger partial charge in [0, 0.05) is 15.6 Å². The molecule has 11 heteroatoms. The van der Waals surface area contributed by atoms with Crippen LogP contribution in [0, 0.1) is 7.14 Å². The first kappa shape index (κ1) is 23.1. The Morgan fingerprint density at radius 2 is 1.83 bits per heavy atom. The number of urea groups is 1. The van der Waals surface area contributed by atoms with E-state index in [0.717, 1.165) is 12.7 Å². The topological polar surface area (TPSA) is 95.9 Å². The molecular formula is C19H12Cl2I2N2O5. The number of carbonyl (C=O) groups excluding carboxylic acids is 2. The molecule has 0 aliphatic carbocycles. The molecule has 0 saturated carbocycles. The van der Waals surface area contributed by atoms with Crippen molar-refractivity contribution in [3.05, 3.63) is 64.3 Å². The quantitative estimate of drug-likeness (QED) is 0.262. The number of aliphatic carboxylic acids is 1.